The molecule has 19 heavy (non-hydrogen) atoms. The van der Waals surface area contributed by atoms with Gasteiger partial charge in [0.2, 0.25) is 5.75 Å². The van der Waals surface area contributed by atoms with Gasteiger partial charge < -0.3 is 14.8 Å². The molecule has 0 atom stereocenters. The van der Waals surface area contributed by atoms with Gasteiger partial charge in [-0.3, -0.25) is 0 Å². The van der Waals surface area contributed by atoms with Crippen molar-refractivity contribution in [3.8, 4) is 17.4 Å². The summed E-state index contributed by atoms with van der Waals surface area (Å²) in [4.78, 5) is 8.09. The molecule has 0 radical (unpaired) electrons. The van der Waals surface area contributed by atoms with Crippen molar-refractivity contribution in [1.29, 1.82) is 0 Å². The number of halogens is 2. The zero-order valence-corrected chi connectivity index (χ0v) is 12.6. The van der Waals surface area contributed by atoms with Crippen LogP contribution < -0.4 is 14.8 Å². The van der Waals surface area contributed by atoms with E-state index in [-0.39, 0.29) is 0 Å². The number of rotatable bonds is 4. The summed E-state index contributed by atoms with van der Waals surface area (Å²) < 4.78 is 11.8. The van der Waals surface area contributed by atoms with Crippen LogP contribution in [0.1, 0.15) is 0 Å². The van der Waals surface area contributed by atoms with E-state index in [4.69, 9.17) is 21.1 Å². The predicted molar refractivity (Wildman–Crippen MR) is 77.4 cm³/mol. The first kappa shape index (κ1) is 13.9. The number of hydrogen-bond donors (Lipinski definition) is 1. The summed E-state index contributed by atoms with van der Waals surface area (Å²) in [5.41, 5.74) is 0. The summed E-state index contributed by atoms with van der Waals surface area (Å²) in [6.45, 7) is 0. The first-order valence-corrected chi connectivity index (χ1v) is 6.52. The second kappa shape index (κ2) is 6.08. The van der Waals surface area contributed by atoms with Crippen molar-refractivity contribution in [2.24, 2.45) is 0 Å². The van der Waals surface area contributed by atoms with E-state index in [2.05, 4.69) is 31.2 Å². The average molecular weight is 345 g/mol. The number of benzene rings is 1. The molecule has 0 aliphatic rings. The van der Waals surface area contributed by atoms with Crippen LogP contribution in [0.5, 0.6) is 17.4 Å². The monoisotopic (exact) mass is 343 g/mol. The molecule has 1 heterocycles. The molecule has 0 fully saturated rings. The SMILES string of the molecule is CNc1ncnc(Oc2ccc(Br)cc2Cl)c1OC. The Morgan fingerprint density at radius 2 is 2.11 bits per heavy atom. The number of aromatic nitrogens is 2. The van der Waals surface area contributed by atoms with Crippen LogP contribution in [0.15, 0.2) is 29.0 Å². The van der Waals surface area contributed by atoms with E-state index < -0.39 is 0 Å². The molecule has 1 aromatic carbocycles. The lowest BCUT2D eigenvalue weighted by atomic mass is 10.3. The minimum atomic E-state index is 0.297. The summed E-state index contributed by atoms with van der Waals surface area (Å²) in [5.74, 6) is 1.75. The van der Waals surface area contributed by atoms with Crippen LogP contribution in [0.2, 0.25) is 5.02 Å². The molecule has 1 N–H and O–H groups in total. The molecule has 0 saturated heterocycles. The highest BCUT2D eigenvalue weighted by Gasteiger charge is 2.14. The maximum absolute atomic E-state index is 6.09. The lowest BCUT2D eigenvalue weighted by molar-refractivity contribution is 0.369. The largest absolute Gasteiger partial charge is 0.489 e. The number of nitrogens with zero attached hydrogens (tertiary/aromatic N) is 2. The lowest BCUT2D eigenvalue weighted by Gasteiger charge is -2.12. The second-order valence-electron chi connectivity index (χ2n) is 3.49. The van der Waals surface area contributed by atoms with E-state index in [0.717, 1.165) is 4.47 Å². The highest BCUT2D eigenvalue weighted by atomic mass is 79.9. The van der Waals surface area contributed by atoms with Gasteiger partial charge in [-0.05, 0) is 18.2 Å². The Balaban J connectivity index is 2.37. The van der Waals surface area contributed by atoms with Gasteiger partial charge in [0.15, 0.2) is 5.82 Å². The number of nitrogens with one attached hydrogen (secondary N) is 1. The number of hydrogen-bond acceptors (Lipinski definition) is 5. The zero-order chi connectivity index (χ0) is 13.8. The topological polar surface area (TPSA) is 56.3 Å². The highest BCUT2D eigenvalue weighted by molar-refractivity contribution is 9.10. The number of ether oxygens (including phenoxy) is 2. The van der Waals surface area contributed by atoms with E-state index >= 15 is 0 Å². The minimum Gasteiger partial charge on any atom is -0.489 e. The first-order valence-electron chi connectivity index (χ1n) is 5.35. The van der Waals surface area contributed by atoms with Crippen LogP contribution in [0.4, 0.5) is 5.82 Å². The summed E-state index contributed by atoms with van der Waals surface area (Å²) in [5, 5.41) is 3.37. The Morgan fingerprint density at radius 3 is 2.74 bits per heavy atom. The molecule has 0 spiro atoms. The van der Waals surface area contributed by atoms with E-state index in [9.17, 15) is 0 Å². The Hall–Kier alpha value is -1.53. The molecule has 7 heteroatoms. The molecule has 5 nitrogen and oxygen atoms in total. The molecule has 0 bridgehead atoms. The second-order valence-corrected chi connectivity index (χ2v) is 4.81. The van der Waals surface area contributed by atoms with Crippen LogP contribution in [-0.2, 0) is 0 Å². The third kappa shape index (κ3) is 3.08. The minimum absolute atomic E-state index is 0.297. The van der Waals surface area contributed by atoms with Crippen molar-refractivity contribution in [3.05, 3.63) is 34.0 Å². The molecule has 100 valence electrons. The maximum Gasteiger partial charge on any atom is 0.268 e. The smallest absolute Gasteiger partial charge is 0.268 e. The van der Waals surface area contributed by atoms with Gasteiger partial charge in [0.1, 0.15) is 12.1 Å². The Bertz CT molecular complexity index is 595. The van der Waals surface area contributed by atoms with Crippen molar-refractivity contribution < 1.29 is 9.47 Å². The molecule has 1 aromatic heterocycles. The van der Waals surface area contributed by atoms with E-state index in [0.29, 0.717) is 28.2 Å². The molecular weight excluding hydrogens is 334 g/mol. The molecule has 0 amide bonds. The first-order chi connectivity index (χ1) is 9.15. The fourth-order valence-corrected chi connectivity index (χ4v) is 2.17. The summed E-state index contributed by atoms with van der Waals surface area (Å²) in [6.07, 6.45) is 1.39. The highest BCUT2D eigenvalue weighted by Crippen LogP contribution is 2.37. The molecule has 2 rings (SSSR count). The molecule has 0 aliphatic heterocycles. The molecule has 2 aromatic rings. The van der Waals surface area contributed by atoms with Gasteiger partial charge in [0.25, 0.3) is 5.88 Å². The van der Waals surface area contributed by atoms with Crippen molar-refractivity contribution in [3.63, 3.8) is 0 Å². The fourth-order valence-electron chi connectivity index (χ4n) is 1.45. The van der Waals surface area contributed by atoms with Gasteiger partial charge >= 0.3 is 0 Å². The predicted octanol–water partition coefficient (Wildman–Crippen LogP) is 3.74. The summed E-state index contributed by atoms with van der Waals surface area (Å²) >= 11 is 9.43. The van der Waals surface area contributed by atoms with Crippen molar-refractivity contribution in [2.75, 3.05) is 19.5 Å². The van der Waals surface area contributed by atoms with Crippen LogP contribution in [0, 0.1) is 0 Å². The van der Waals surface area contributed by atoms with Gasteiger partial charge in [-0.25, -0.2) is 4.98 Å². The Morgan fingerprint density at radius 1 is 1.32 bits per heavy atom. The zero-order valence-electron chi connectivity index (χ0n) is 10.3. The number of anilines is 1. The van der Waals surface area contributed by atoms with Crippen molar-refractivity contribution in [2.45, 2.75) is 0 Å². The van der Waals surface area contributed by atoms with Crippen molar-refractivity contribution >= 4 is 33.3 Å². The van der Waals surface area contributed by atoms with E-state index in [1.165, 1.54) is 13.4 Å². The van der Waals surface area contributed by atoms with Crippen LogP contribution in [0.3, 0.4) is 0 Å². The van der Waals surface area contributed by atoms with Crippen LogP contribution in [-0.4, -0.2) is 24.1 Å². The van der Waals surface area contributed by atoms with Crippen molar-refractivity contribution in [1.82, 2.24) is 9.97 Å². The standard InChI is InChI=1S/C12H11BrClN3O2/c1-15-11-10(18-2)12(17-6-16-11)19-9-4-3-7(13)5-8(9)14/h3-6H,1-2H3,(H,15,16,17). The van der Waals surface area contributed by atoms with E-state index in [1.807, 2.05) is 6.07 Å². The lowest BCUT2D eigenvalue weighted by Crippen LogP contribution is -2.01. The summed E-state index contributed by atoms with van der Waals surface area (Å²) in [6, 6.07) is 5.31. The average Bonchev–Trinajstić information content (AvgIpc) is 2.41. The molecule has 0 aliphatic carbocycles. The molecule has 0 unspecified atom stereocenters. The molecular formula is C12H11BrClN3O2. The fraction of sp³-hybridized carbons (Fsp3) is 0.167. The third-order valence-corrected chi connectivity index (χ3v) is 3.10. The maximum atomic E-state index is 6.09. The van der Waals surface area contributed by atoms with Gasteiger partial charge in [0, 0.05) is 11.5 Å². The van der Waals surface area contributed by atoms with Gasteiger partial charge in [-0.15, -0.1) is 0 Å². The van der Waals surface area contributed by atoms with E-state index in [1.54, 1.807) is 19.2 Å². The van der Waals surface area contributed by atoms with Gasteiger partial charge in [-0.1, -0.05) is 27.5 Å². The Kier molecular flexibility index (Phi) is 4.44. The number of methoxy groups -OCH3 is 1. The Labute approximate surface area is 124 Å². The summed E-state index contributed by atoms with van der Waals surface area (Å²) in [7, 11) is 3.26. The third-order valence-electron chi connectivity index (χ3n) is 2.31. The quantitative estimate of drug-likeness (QED) is 0.916. The van der Waals surface area contributed by atoms with Crippen LogP contribution >= 0.6 is 27.5 Å². The van der Waals surface area contributed by atoms with Gasteiger partial charge in [-0.2, -0.15) is 4.98 Å². The molecule has 0 saturated carbocycles. The van der Waals surface area contributed by atoms with Gasteiger partial charge in [0.05, 0.1) is 12.1 Å². The van der Waals surface area contributed by atoms with Crippen LogP contribution in [0.25, 0.3) is 0 Å². The normalized spacial score (nSPS) is 10.1.